The SMILES string of the molecule is COc1cc(N2CCN(C(=O)Nc3ccccc3F)CC2)nc(OC)n1. The number of halogens is 1. The average molecular weight is 361 g/mol. The van der Waals surface area contributed by atoms with Crippen molar-refractivity contribution in [1.82, 2.24) is 14.9 Å². The summed E-state index contributed by atoms with van der Waals surface area (Å²) in [7, 11) is 3.01. The number of carbonyl (C=O) groups is 1. The molecule has 0 unspecified atom stereocenters. The van der Waals surface area contributed by atoms with E-state index in [2.05, 4.69) is 15.3 Å². The molecule has 1 N–H and O–H groups in total. The van der Waals surface area contributed by atoms with Crippen LogP contribution in [0.15, 0.2) is 30.3 Å². The third-order valence-electron chi connectivity index (χ3n) is 4.07. The van der Waals surface area contributed by atoms with E-state index in [0.717, 1.165) is 0 Å². The molecule has 0 radical (unpaired) electrons. The van der Waals surface area contributed by atoms with Gasteiger partial charge in [-0.1, -0.05) is 12.1 Å². The van der Waals surface area contributed by atoms with Gasteiger partial charge in [-0.25, -0.2) is 9.18 Å². The normalized spacial score (nSPS) is 14.1. The first-order valence-electron chi connectivity index (χ1n) is 8.13. The van der Waals surface area contributed by atoms with Crippen LogP contribution in [0.25, 0.3) is 0 Å². The van der Waals surface area contributed by atoms with E-state index in [4.69, 9.17) is 9.47 Å². The number of nitrogens with one attached hydrogen (secondary N) is 1. The van der Waals surface area contributed by atoms with Crippen LogP contribution in [0.4, 0.5) is 20.7 Å². The fourth-order valence-corrected chi connectivity index (χ4v) is 2.65. The highest BCUT2D eigenvalue weighted by Gasteiger charge is 2.23. The molecule has 8 nitrogen and oxygen atoms in total. The lowest BCUT2D eigenvalue weighted by Crippen LogP contribution is -2.50. The quantitative estimate of drug-likeness (QED) is 0.897. The molecular weight excluding hydrogens is 341 g/mol. The van der Waals surface area contributed by atoms with Gasteiger partial charge in [-0.15, -0.1) is 0 Å². The van der Waals surface area contributed by atoms with Crippen LogP contribution in [0.2, 0.25) is 0 Å². The number of urea groups is 1. The second kappa shape index (κ2) is 7.85. The van der Waals surface area contributed by atoms with E-state index in [9.17, 15) is 9.18 Å². The number of anilines is 2. The fraction of sp³-hybridized carbons (Fsp3) is 0.353. The molecule has 1 aromatic carbocycles. The van der Waals surface area contributed by atoms with E-state index < -0.39 is 5.82 Å². The molecule has 1 aliphatic heterocycles. The standard InChI is InChI=1S/C17H20FN5O3/c1-25-15-11-14(20-16(21-15)26-2)22-7-9-23(10-8-22)17(24)19-13-6-4-3-5-12(13)18/h3-6,11H,7-10H2,1-2H3,(H,19,24). The largest absolute Gasteiger partial charge is 0.481 e. The maximum absolute atomic E-state index is 13.7. The van der Waals surface area contributed by atoms with Crippen molar-refractivity contribution in [3.05, 3.63) is 36.1 Å². The summed E-state index contributed by atoms with van der Waals surface area (Å²) in [6, 6.07) is 7.71. The number of rotatable bonds is 4. The number of amides is 2. The first-order valence-corrected chi connectivity index (χ1v) is 8.13. The zero-order chi connectivity index (χ0) is 18.5. The Balaban J connectivity index is 1.62. The molecule has 9 heteroatoms. The van der Waals surface area contributed by atoms with Gasteiger partial charge in [-0.05, 0) is 12.1 Å². The van der Waals surface area contributed by atoms with Gasteiger partial charge in [-0.3, -0.25) is 0 Å². The lowest BCUT2D eigenvalue weighted by atomic mass is 10.3. The van der Waals surface area contributed by atoms with Gasteiger partial charge in [0.25, 0.3) is 0 Å². The second-order valence-corrected chi connectivity index (χ2v) is 5.64. The van der Waals surface area contributed by atoms with Crippen molar-refractivity contribution in [3.63, 3.8) is 0 Å². The summed E-state index contributed by atoms with van der Waals surface area (Å²) in [5.74, 6) is 0.620. The van der Waals surface area contributed by atoms with Gasteiger partial charge in [0, 0.05) is 32.2 Å². The van der Waals surface area contributed by atoms with Crippen LogP contribution in [0.1, 0.15) is 0 Å². The number of hydrogen-bond acceptors (Lipinski definition) is 6. The van der Waals surface area contributed by atoms with Crippen LogP contribution < -0.4 is 19.7 Å². The summed E-state index contributed by atoms with van der Waals surface area (Å²) in [5, 5.41) is 2.60. The Kier molecular flexibility index (Phi) is 5.35. The van der Waals surface area contributed by atoms with Gasteiger partial charge in [0.15, 0.2) is 0 Å². The molecule has 0 bridgehead atoms. The molecular formula is C17H20FN5O3. The summed E-state index contributed by atoms with van der Waals surface area (Å²) < 4.78 is 23.9. The minimum absolute atomic E-state index is 0.171. The Bertz CT molecular complexity index is 758. The second-order valence-electron chi connectivity index (χ2n) is 5.64. The smallest absolute Gasteiger partial charge is 0.322 e. The highest BCUT2D eigenvalue weighted by Crippen LogP contribution is 2.22. The molecule has 2 amide bonds. The Morgan fingerprint density at radius 1 is 1.12 bits per heavy atom. The van der Waals surface area contributed by atoms with Crippen LogP contribution in [0.3, 0.4) is 0 Å². The van der Waals surface area contributed by atoms with Gasteiger partial charge >= 0.3 is 12.0 Å². The average Bonchev–Trinajstić information content (AvgIpc) is 2.69. The maximum Gasteiger partial charge on any atom is 0.322 e. The molecule has 1 fully saturated rings. The zero-order valence-electron chi connectivity index (χ0n) is 14.6. The topological polar surface area (TPSA) is 79.8 Å². The molecule has 1 aromatic heterocycles. The van der Waals surface area contributed by atoms with Crippen LogP contribution in [0, 0.1) is 5.82 Å². The minimum atomic E-state index is -0.459. The maximum atomic E-state index is 13.7. The fourth-order valence-electron chi connectivity index (χ4n) is 2.65. The Morgan fingerprint density at radius 3 is 2.50 bits per heavy atom. The number of aromatic nitrogens is 2. The van der Waals surface area contributed by atoms with E-state index in [1.807, 2.05) is 4.90 Å². The molecule has 2 aromatic rings. The number of benzene rings is 1. The summed E-state index contributed by atoms with van der Waals surface area (Å²) in [6.45, 7) is 2.12. The van der Waals surface area contributed by atoms with E-state index >= 15 is 0 Å². The number of hydrogen-bond donors (Lipinski definition) is 1. The van der Waals surface area contributed by atoms with Crippen LogP contribution in [0.5, 0.6) is 11.9 Å². The molecule has 1 saturated heterocycles. The summed E-state index contributed by atoms with van der Waals surface area (Å²) in [5.41, 5.74) is 0.171. The van der Waals surface area contributed by atoms with Crippen molar-refractivity contribution in [2.45, 2.75) is 0 Å². The van der Waals surface area contributed by atoms with Gasteiger partial charge in [0.05, 0.1) is 19.9 Å². The molecule has 0 atom stereocenters. The molecule has 26 heavy (non-hydrogen) atoms. The van der Waals surface area contributed by atoms with E-state index in [1.165, 1.54) is 26.4 Å². The number of carbonyl (C=O) groups excluding carboxylic acids is 1. The van der Waals surface area contributed by atoms with Crippen molar-refractivity contribution in [3.8, 4) is 11.9 Å². The third kappa shape index (κ3) is 3.93. The van der Waals surface area contributed by atoms with Gasteiger partial charge < -0.3 is 24.6 Å². The molecule has 138 valence electrons. The lowest BCUT2D eigenvalue weighted by Gasteiger charge is -2.35. The Labute approximate surface area is 150 Å². The monoisotopic (exact) mass is 361 g/mol. The number of para-hydroxylation sites is 1. The predicted molar refractivity (Wildman–Crippen MR) is 94.3 cm³/mol. The lowest BCUT2D eigenvalue weighted by molar-refractivity contribution is 0.208. The van der Waals surface area contributed by atoms with Crippen molar-refractivity contribution in [1.29, 1.82) is 0 Å². The molecule has 2 heterocycles. The van der Waals surface area contributed by atoms with Crippen molar-refractivity contribution in [2.24, 2.45) is 0 Å². The number of nitrogens with zero attached hydrogens (tertiary/aromatic N) is 4. The zero-order valence-corrected chi connectivity index (χ0v) is 14.6. The highest BCUT2D eigenvalue weighted by molar-refractivity contribution is 5.89. The number of piperazine rings is 1. The van der Waals surface area contributed by atoms with Crippen LogP contribution in [-0.4, -0.2) is 61.3 Å². The minimum Gasteiger partial charge on any atom is -0.481 e. The molecule has 1 aliphatic rings. The molecule has 0 spiro atoms. The van der Waals surface area contributed by atoms with E-state index in [0.29, 0.717) is 37.9 Å². The van der Waals surface area contributed by atoms with Crippen LogP contribution >= 0.6 is 0 Å². The summed E-state index contributed by atoms with van der Waals surface area (Å²) >= 11 is 0. The van der Waals surface area contributed by atoms with Gasteiger partial charge in [0.1, 0.15) is 11.6 Å². The number of methoxy groups -OCH3 is 2. The Morgan fingerprint density at radius 2 is 1.85 bits per heavy atom. The number of ether oxygens (including phenoxy) is 2. The Hall–Kier alpha value is -3.10. The first kappa shape index (κ1) is 17.7. The van der Waals surface area contributed by atoms with E-state index in [-0.39, 0.29) is 17.7 Å². The summed E-state index contributed by atoms with van der Waals surface area (Å²) in [6.07, 6.45) is 0. The van der Waals surface area contributed by atoms with E-state index in [1.54, 1.807) is 23.1 Å². The molecule has 3 rings (SSSR count). The highest BCUT2D eigenvalue weighted by atomic mass is 19.1. The van der Waals surface area contributed by atoms with Gasteiger partial charge in [0.2, 0.25) is 5.88 Å². The van der Waals surface area contributed by atoms with Gasteiger partial charge in [-0.2, -0.15) is 9.97 Å². The van der Waals surface area contributed by atoms with Crippen LogP contribution in [-0.2, 0) is 0 Å². The van der Waals surface area contributed by atoms with Crippen molar-refractivity contribution >= 4 is 17.5 Å². The predicted octanol–water partition coefficient (Wildman–Crippen LogP) is 1.99. The summed E-state index contributed by atoms with van der Waals surface area (Å²) in [4.78, 5) is 24.4. The van der Waals surface area contributed by atoms with Crippen molar-refractivity contribution < 1.29 is 18.7 Å². The third-order valence-corrected chi connectivity index (χ3v) is 4.07. The van der Waals surface area contributed by atoms with Crippen molar-refractivity contribution in [2.75, 3.05) is 50.6 Å². The molecule has 0 aliphatic carbocycles. The first-order chi connectivity index (χ1) is 12.6. The molecule has 0 saturated carbocycles.